The number of piperazine rings is 1. The molecule has 3 rings (SSSR count). The molecule has 0 unspecified atom stereocenters. The van der Waals surface area contributed by atoms with Gasteiger partial charge in [0, 0.05) is 32.4 Å². The van der Waals surface area contributed by atoms with E-state index in [0.29, 0.717) is 5.69 Å². The third-order valence-electron chi connectivity index (χ3n) is 3.05. The van der Waals surface area contributed by atoms with Gasteiger partial charge in [-0.15, -0.1) is 0 Å². The van der Waals surface area contributed by atoms with Crippen LogP contribution in [0.15, 0.2) is 24.4 Å². The van der Waals surface area contributed by atoms with E-state index >= 15 is 0 Å². The van der Waals surface area contributed by atoms with Crippen LogP contribution in [0.2, 0.25) is 0 Å². The quantitative estimate of drug-likeness (QED) is 0.766. The Balaban J connectivity index is 2.08. The van der Waals surface area contributed by atoms with Crippen LogP contribution in [0.3, 0.4) is 0 Å². The number of hydrogen-bond donors (Lipinski definition) is 1. The molecule has 1 aliphatic heterocycles. The number of carbonyl (C=O) groups is 1. The zero-order valence-electron chi connectivity index (χ0n) is 9.47. The summed E-state index contributed by atoms with van der Waals surface area (Å²) in [6.07, 6.45) is 2.58. The van der Waals surface area contributed by atoms with Crippen LogP contribution >= 0.6 is 0 Å². The summed E-state index contributed by atoms with van der Waals surface area (Å²) in [7, 11) is 0. The summed E-state index contributed by atoms with van der Waals surface area (Å²) in [5.41, 5.74) is 1.30. The molecule has 0 aliphatic carbocycles. The minimum atomic E-state index is 0.479. The molecule has 17 heavy (non-hydrogen) atoms. The molecule has 1 aliphatic rings. The largest absolute Gasteiger partial charge is 0.355 e. The first kappa shape index (κ1) is 10.3. The van der Waals surface area contributed by atoms with Gasteiger partial charge in [-0.2, -0.15) is 0 Å². The van der Waals surface area contributed by atoms with Gasteiger partial charge in [0.05, 0.1) is 0 Å². The monoisotopic (exact) mass is 230 g/mol. The van der Waals surface area contributed by atoms with E-state index in [0.717, 1.165) is 43.9 Å². The van der Waals surface area contributed by atoms with Crippen LogP contribution in [0.25, 0.3) is 5.65 Å². The molecule has 2 aromatic heterocycles. The molecule has 0 radical (unpaired) electrons. The Morgan fingerprint density at radius 3 is 2.88 bits per heavy atom. The van der Waals surface area contributed by atoms with Crippen LogP contribution < -0.4 is 10.2 Å². The number of nitrogens with one attached hydrogen (secondary N) is 1. The van der Waals surface area contributed by atoms with E-state index < -0.39 is 0 Å². The Morgan fingerprint density at radius 2 is 2.12 bits per heavy atom. The predicted octanol–water partition coefficient (Wildman–Crippen LogP) is 0.556. The number of fused-ring (bicyclic) bond motifs is 1. The van der Waals surface area contributed by atoms with Crippen LogP contribution in [0, 0.1) is 0 Å². The zero-order valence-corrected chi connectivity index (χ0v) is 9.47. The maximum absolute atomic E-state index is 10.8. The number of imidazole rings is 1. The molecule has 0 amide bonds. The standard InChI is InChI=1S/C12H14N4O/c17-9-10-8-16-11(14-10)2-1-3-12(16)15-6-4-13-5-7-15/h1-3,8-9,13H,4-7H2. The van der Waals surface area contributed by atoms with Crippen molar-refractivity contribution < 1.29 is 4.79 Å². The summed E-state index contributed by atoms with van der Waals surface area (Å²) in [5.74, 6) is 1.10. The summed E-state index contributed by atoms with van der Waals surface area (Å²) < 4.78 is 1.98. The Kier molecular flexibility index (Phi) is 2.53. The van der Waals surface area contributed by atoms with Crippen LogP contribution in [0.1, 0.15) is 10.5 Å². The SMILES string of the molecule is O=Cc1cn2c(N3CCNCC3)cccc2n1. The van der Waals surface area contributed by atoms with Gasteiger partial charge in [-0.3, -0.25) is 9.20 Å². The van der Waals surface area contributed by atoms with Crippen LogP contribution in [-0.4, -0.2) is 41.8 Å². The highest BCUT2D eigenvalue weighted by Gasteiger charge is 2.13. The van der Waals surface area contributed by atoms with Gasteiger partial charge < -0.3 is 10.2 Å². The van der Waals surface area contributed by atoms with Gasteiger partial charge in [-0.05, 0) is 12.1 Å². The van der Waals surface area contributed by atoms with Gasteiger partial charge >= 0.3 is 0 Å². The van der Waals surface area contributed by atoms with Crippen molar-refractivity contribution in [3.8, 4) is 0 Å². The second kappa shape index (κ2) is 4.18. The molecule has 0 spiro atoms. The maximum atomic E-state index is 10.8. The van der Waals surface area contributed by atoms with Crippen LogP contribution in [-0.2, 0) is 0 Å². The lowest BCUT2D eigenvalue weighted by Crippen LogP contribution is -2.44. The highest BCUT2D eigenvalue weighted by Crippen LogP contribution is 2.17. The number of pyridine rings is 1. The highest BCUT2D eigenvalue weighted by atomic mass is 16.1. The van der Waals surface area contributed by atoms with Gasteiger partial charge in [0.15, 0.2) is 6.29 Å². The lowest BCUT2D eigenvalue weighted by Gasteiger charge is -2.29. The lowest BCUT2D eigenvalue weighted by atomic mass is 10.3. The van der Waals surface area contributed by atoms with E-state index in [1.165, 1.54) is 0 Å². The normalized spacial score (nSPS) is 16.4. The second-order valence-electron chi connectivity index (χ2n) is 4.13. The average Bonchev–Trinajstić information content (AvgIpc) is 2.82. The minimum Gasteiger partial charge on any atom is -0.355 e. The smallest absolute Gasteiger partial charge is 0.170 e. The second-order valence-corrected chi connectivity index (χ2v) is 4.13. The van der Waals surface area contributed by atoms with Crippen molar-refractivity contribution in [3.63, 3.8) is 0 Å². The number of rotatable bonds is 2. The van der Waals surface area contributed by atoms with Crippen molar-refractivity contribution in [1.82, 2.24) is 14.7 Å². The first-order chi connectivity index (χ1) is 8.38. The molecular formula is C12H14N4O. The molecule has 1 saturated heterocycles. The van der Waals surface area contributed by atoms with Crippen molar-refractivity contribution in [1.29, 1.82) is 0 Å². The Hall–Kier alpha value is -1.88. The third kappa shape index (κ3) is 1.78. The summed E-state index contributed by atoms with van der Waals surface area (Å²) in [4.78, 5) is 17.3. The number of aldehydes is 1. The van der Waals surface area contributed by atoms with E-state index in [2.05, 4.69) is 21.3 Å². The summed E-state index contributed by atoms with van der Waals surface area (Å²) >= 11 is 0. The molecule has 1 N–H and O–H groups in total. The van der Waals surface area contributed by atoms with Gasteiger partial charge in [0.2, 0.25) is 0 Å². The van der Waals surface area contributed by atoms with E-state index in [1.807, 2.05) is 16.5 Å². The Morgan fingerprint density at radius 1 is 1.29 bits per heavy atom. The van der Waals surface area contributed by atoms with E-state index in [-0.39, 0.29) is 0 Å². The first-order valence-corrected chi connectivity index (χ1v) is 5.77. The van der Waals surface area contributed by atoms with Crippen LogP contribution in [0.5, 0.6) is 0 Å². The molecule has 0 aromatic carbocycles. The predicted molar refractivity (Wildman–Crippen MR) is 65.7 cm³/mol. The molecule has 0 bridgehead atoms. The molecule has 1 fully saturated rings. The average molecular weight is 230 g/mol. The number of carbonyl (C=O) groups excluding carboxylic acids is 1. The Bertz CT molecular complexity index is 542. The fraction of sp³-hybridized carbons (Fsp3) is 0.333. The van der Waals surface area contributed by atoms with Crippen molar-refractivity contribution in [3.05, 3.63) is 30.1 Å². The highest BCUT2D eigenvalue weighted by molar-refractivity contribution is 5.74. The molecule has 5 nitrogen and oxygen atoms in total. The fourth-order valence-electron chi connectivity index (χ4n) is 2.22. The van der Waals surface area contributed by atoms with Gasteiger partial charge in [-0.25, -0.2) is 4.98 Å². The van der Waals surface area contributed by atoms with Gasteiger partial charge in [0.1, 0.15) is 17.2 Å². The number of anilines is 1. The fourth-order valence-corrected chi connectivity index (χ4v) is 2.22. The summed E-state index contributed by atoms with van der Waals surface area (Å²) in [6.45, 7) is 3.94. The molecular weight excluding hydrogens is 216 g/mol. The molecule has 5 heteroatoms. The van der Waals surface area contributed by atoms with Gasteiger partial charge in [0.25, 0.3) is 0 Å². The van der Waals surface area contributed by atoms with Crippen molar-refractivity contribution in [2.24, 2.45) is 0 Å². The van der Waals surface area contributed by atoms with E-state index in [9.17, 15) is 4.79 Å². The number of aromatic nitrogens is 2. The maximum Gasteiger partial charge on any atom is 0.170 e. The molecule has 0 atom stereocenters. The molecule has 2 aromatic rings. The topological polar surface area (TPSA) is 49.6 Å². The number of hydrogen-bond acceptors (Lipinski definition) is 4. The van der Waals surface area contributed by atoms with E-state index in [1.54, 1.807) is 6.20 Å². The van der Waals surface area contributed by atoms with Crippen molar-refractivity contribution >= 4 is 17.8 Å². The lowest BCUT2D eigenvalue weighted by molar-refractivity contribution is 0.111. The zero-order chi connectivity index (χ0) is 11.7. The third-order valence-corrected chi connectivity index (χ3v) is 3.05. The number of nitrogens with zero attached hydrogens (tertiary/aromatic N) is 3. The van der Waals surface area contributed by atoms with Crippen molar-refractivity contribution in [2.75, 3.05) is 31.1 Å². The molecule has 88 valence electrons. The molecule has 3 heterocycles. The van der Waals surface area contributed by atoms with Crippen molar-refractivity contribution in [2.45, 2.75) is 0 Å². The van der Waals surface area contributed by atoms with Gasteiger partial charge in [-0.1, -0.05) is 6.07 Å². The summed E-state index contributed by atoms with van der Waals surface area (Å²) in [6, 6.07) is 5.96. The summed E-state index contributed by atoms with van der Waals surface area (Å²) in [5, 5.41) is 3.33. The minimum absolute atomic E-state index is 0.479. The van der Waals surface area contributed by atoms with Crippen LogP contribution in [0.4, 0.5) is 5.82 Å². The molecule has 0 saturated carbocycles. The first-order valence-electron chi connectivity index (χ1n) is 5.77. The Labute approximate surface area is 99.1 Å². The van der Waals surface area contributed by atoms with E-state index in [4.69, 9.17) is 0 Å².